The Morgan fingerprint density at radius 2 is 0.967 bits per heavy atom. The van der Waals surface area contributed by atoms with Gasteiger partial charge in [-0.05, 0) is 83.5 Å². The van der Waals surface area contributed by atoms with E-state index in [1.165, 1.54) is 64.2 Å². The van der Waals surface area contributed by atoms with Gasteiger partial charge in [0.2, 0.25) is 5.91 Å². The number of phosphoric acid groups is 1. The molecule has 0 fully saturated rings. The maximum Gasteiger partial charge on any atom is 0.472 e. The molecular weight excluding hydrogens is 781 g/mol. The number of esters is 1. The first-order chi connectivity index (χ1) is 29.1. The molecule has 0 aromatic carbocycles. The Bertz CT molecular complexity index is 1290. The molecule has 11 nitrogen and oxygen atoms in total. The molecule has 344 valence electrons. The predicted molar refractivity (Wildman–Crippen MR) is 244 cm³/mol. The van der Waals surface area contributed by atoms with E-state index in [9.17, 15) is 34.1 Å². The summed E-state index contributed by atoms with van der Waals surface area (Å²) in [7, 11) is -4.77. The Balaban J connectivity index is 3.87. The first kappa shape index (κ1) is 56.9. The van der Waals surface area contributed by atoms with Crippen molar-refractivity contribution in [1.82, 2.24) is 5.32 Å². The van der Waals surface area contributed by atoms with Crippen LogP contribution in [0.5, 0.6) is 0 Å². The monoisotopic (exact) mass is 864 g/mol. The van der Waals surface area contributed by atoms with Gasteiger partial charge in [-0.15, -0.1) is 0 Å². The summed E-state index contributed by atoms with van der Waals surface area (Å²) in [5.74, 6) is -2.43. The first-order valence-electron chi connectivity index (χ1n) is 23.0. The maximum atomic E-state index is 12.3. The first-order valence-corrected chi connectivity index (χ1v) is 24.5. The van der Waals surface area contributed by atoms with Crippen molar-refractivity contribution in [1.29, 1.82) is 0 Å². The number of ether oxygens (including phenoxy) is 1. The van der Waals surface area contributed by atoms with E-state index < -0.39 is 57.6 Å². The van der Waals surface area contributed by atoms with Gasteiger partial charge in [0.1, 0.15) is 12.7 Å². The third kappa shape index (κ3) is 41.6. The topological polar surface area (TPSA) is 169 Å². The van der Waals surface area contributed by atoms with Crippen LogP contribution in [-0.2, 0) is 32.7 Å². The molecule has 4 N–H and O–H groups in total. The zero-order valence-corrected chi connectivity index (χ0v) is 38.1. The molecule has 0 spiro atoms. The highest BCUT2D eigenvalue weighted by Gasteiger charge is 2.28. The molecular formula is C48H82NO10P. The van der Waals surface area contributed by atoms with Crippen LogP contribution in [0.4, 0.5) is 0 Å². The number of aliphatic hydroxyl groups excluding tert-OH is 1. The molecule has 0 saturated heterocycles. The van der Waals surface area contributed by atoms with Crippen molar-refractivity contribution in [3.63, 3.8) is 0 Å². The number of rotatable bonds is 42. The van der Waals surface area contributed by atoms with Crippen molar-refractivity contribution in [2.45, 2.75) is 193 Å². The molecule has 0 aliphatic heterocycles. The van der Waals surface area contributed by atoms with E-state index in [1.54, 1.807) is 0 Å². The molecule has 0 aliphatic carbocycles. The van der Waals surface area contributed by atoms with Crippen LogP contribution < -0.4 is 5.32 Å². The molecule has 0 aromatic heterocycles. The van der Waals surface area contributed by atoms with Gasteiger partial charge in [0.25, 0.3) is 0 Å². The molecule has 1 amide bonds. The normalized spacial score (nSPS) is 14.3. The van der Waals surface area contributed by atoms with Gasteiger partial charge in [0.05, 0.1) is 13.2 Å². The average molecular weight is 864 g/mol. The average Bonchev–Trinajstić information content (AvgIpc) is 3.22. The Kier molecular flexibility index (Phi) is 40.4. The minimum Gasteiger partial charge on any atom is -0.480 e. The summed E-state index contributed by atoms with van der Waals surface area (Å²) in [6, 6.07) is -1.57. The molecule has 0 radical (unpaired) electrons. The number of aliphatic carboxylic acids is 1. The summed E-state index contributed by atoms with van der Waals surface area (Å²) in [6.45, 7) is 2.41. The number of nitrogens with one attached hydrogen (secondary N) is 1. The number of phosphoric ester groups is 1. The molecule has 12 heteroatoms. The van der Waals surface area contributed by atoms with Crippen LogP contribution in [-0.4, -0.2) is 64.9 Å². The van der Waals surface area contributed by atoms with E-state index >= 15 is 0 Å². The molecule has 60 heavy (non-hydrogen) atoms. The maximum absolute atomic E-state index is 12.3. The van der Waals surface area contributed by atoms with Crippen molar-refractivity contribution in [3.05, 3.63) is 72.9 Å². The third-order valence-corrected chi connectivity index (χ3v) is 10.4. The lowest BCUT2D eigenvalue weighted by atomic mass is 10.1. The Morgan fingerprint density at radius 1 is 0.550 bits per heavy atom. The van der Waals surface area contributed by atoms with Gasteiger partial charge in [-0.1, -0.05) is 157 Å². The van der Waals surface area contributed by atoms with Crippen molar-refractivity contribution in [3.8, 4) is 0 Å². The van der Waals surface area contributed by atoms with Crippen molar-refractivity contribution >= 4 is 25.7 Å². The number of carboxylic acid groups (broad SMARTS) is 1. The summed E-state index contributed by atoms with van der Waals surface area (Å²) in [4.78, 5) is 45.9. The van der Waals surface area contributed by atoms with Gasteiger partial charge in [-0.3, -0.25) is 18.6 Å². The molecule has 0 rings (SSSR count). The fourth-order valence-corrected chi connectivity index (χ4v) is 6.70. The number of allylic oxidation sites excluding steroid dienone is 12. The number of carbonyl (C=O) groups is 3. The quantitative estimate of drug-likeness (QED) is 0.0201. The summed E-state index contributed by atoms with van der Waals surface area (Å²) in [6.07, 6.45) is 50.8. The van der Waals surface area contributed by atoms with Crippen LogP contribution in [0.1, 0.15) is 181 Å². The lowest BCUT2D eigenvalue weighted by Crippen LogP contribution is -2.43. The highest BCUT2D eigenvalue weighted by molar-refractivity contribution is 7.47. The van der Waals surface area contributed by atoms with Crippen LogP contribution in [0.25, 0.3) is 0 Å². The van der Waals surface area contributed by atoms with E-state index in [1.807, 2.05) is 0 Å². The second kappa shape index (κ2) is 42.6. The molecule has 0 aromatic rings. The third-order valence-electron chi connectivity index (χ3n) is 9.48. The summed E-state index contributed by atoms with van der Waals surface area (Å²) in [5.41, 5.74) is 0. The number of hydrogen-bond acceptors (Lipinski definition) is 8. The number of unbranched alkanes of at least 4 members (excludes halogenated alkanes) is 16. The fourth-order valence-electron chi connectivity index (χ4n) is 5.92. The van der Waals surface area contributed by atoms with Gasteiger partial charge >= 0.3 is 19.8 Å². The lowest BCUT2D eigenvalue weighted by molar-refractivity contribution is -0.147. The molecule has 3 atom stereocenters. The second-order valence-corrected chi connectivity index (χ2v) is 16.7. The highest BCUT2D eigenvalue weighted by Crippen LogP contribution is 2.43. The molecule has 3 unspecified atom stereocenters. The smallest absolute Gasteiger partial charge is 0.472 e. The van der Waals surface area contributed by atoms with E-state index in [-0.39, 0.29) is 12.8 Å². The SMILES string of the molecule is CC/C=C\C/C=C\C/C=C\CCCCCC(=O)NC(COP(=O)(O)OCC(O)COC(=O)CCCCCCCCCCCC/C=C\C/C=C\C/C=C\CCCCC)C(=O)O. The molecule has 0 heterocycles. The zero-order valence-electron chi connectivity index (χ0n) is 37.2. The van der Waals surface area contributed by atoms with Gasteiger partial charge in [-0.2, -0.15) is 0 Å². The van der Waals surface area contributed by atoms with Gasteiger partial charge in [0.15, 0.2) is 6.04 Å². The molecule has 0 saturated carbocycles. The van der Waals surface area contributed by atoms with Crippen LogP contribution >= 0.6 is 7.82 Å². The minimum atomic E-state index is -4.77. The molecule has 0 aliphatic rings. The van der Waals surface area contributed by atoms with Gasteiger partial charge in [-0.25, -0.2) is 9.36 Å². The van der Waals surface area contributed by atoms with Crippen molar-refractivity contribution in [2.24, 2.45) is 0 Å². The van der Waals surface area contributed by atoms with E-state index in [2.05, 4.69) is 92.1 Å². The number of aliphatic hydroxyl groups is 1. The standard InChI is InChI=1S/C48H82NO10P/c1-3-5-7-9-11-13-15-17-18-19-20-21-22-23-24-25-26-28-30-32-34-36-38-40-47(52)57-41-44(50)42-58-60(55,56)59-43-45(48(53)54)49-46(51)39-37-35-33-31-29-27-16-14-12-10-8-6-4-2/h6,8,11-14,17-18,20-21,27,29,44-45,50H,3-5,7,9-10,15-16,19,22-26,28,30-43H2,1-2H3,(H,49,51)(H,53,54)(H,55,56)/b8-6-,13-11-,14-12-,18-17-,21-20-,29-27-. The number of carboxylic acids is 1. The summed E-state index contributed by atoms with van der Waals surface area (Å²) in [5, 5.41) is 21.8. The number of carbonyl (C=O) groups excluding carboxylic acids is 2. The lowest BCUT2D eigenvalue weighted by Gasteiger charge is -2.18. The van der Waals surface area contributed by atoms with Crippen LogP contribution in [0.3, 0.4) is 0 Å². The largest absolute Gasteiger partial charge is 0.480 e. The summed E-state index contributed by atoms with van der Waals surface area (Å²) < 4.78 is 26.8. The second-order valence-electron chi connectivity index (χ2n) is 15.2. The van der Waals surface area contributed by atoms with E-state index in [0.29, 0.717) is 12.8 Å². The zero-order chi connectivity index (χ0) is 44.2. The fraction of sp³-hybridized carbons (Fsp3) is 0.688. The minimum absolute atomic E-state index is 0.107. The Hall–Kier alpha value is -3.08. The number of hydrogen-bond donors (Lipinski definition) is 4. The van der Waals surface area contributed by atoms with Crippen molar-refractivity contribution in [2.75, 3.05) is 19.8 Å². The van der Waals surface area contributed by atoms with Gasteiger partial charge in [0, 0.05) is 12.8 Å². The van der Waals surface area contributed by atoms with Crippen LogP contribution in [0.2, 0.25) is 0 Å². The van der Waals surface area contributed by atoms with Crippen molar-refractivity contribution < 1.29 is 47.8 Å². The Morgan fingerprint density at radius 3 is 1.47 bits per heavy atom. The predicted octanol–water partition coefficient (Wildman–Crippen LogP) is 12.1. The van der Waals surface area contributed by atoms with Crippen LogP contribution in [0.15, 0.2) is 72.9 Å². The summed E-state index contributed by atoms with van der Waals surface area (Å²) >= 11 is 0. The molecule has 0 bridgehead atoms. The highest BCUT2D eigenvalue weighted by atomic mass is 31.2. The number of amides is 1. The van der Waals surface area contributed by atoms with Crippen LogP contribution in [0, 0.1) is 0 Å². The van der Waals surface area contributed by atoms with Gasteiger partial charge < -0.3 is 25.2 Å². The van der Waals surface area contributed by atoms with E-state index in [4.69, 9.17) is 13.8 Å². The van der Waals surface area contributed by atoms with E-state index in [0.717, 1.165) is 77.0 Å². The Labute approximate surface area is 363 Å².